The van der Waals surface area contributed by atoms with Crippen LogP contribution in [0.5, 0.6) is 0 Å². The first-order chi connectivity index (χ1) is 13.9. The average Bonchev–Trinajstić information content (AvgIpc) is 2.70. The summed E-state index contributed by atoms with van der Waals surface area (Å²) in [6.45, 7) is 0. The summed E-state index contributed by atoms with van der Waals surface area (Å²) in [6.07, 6.45) is 0. The minimum absolute atomic E-state index is 0.833. The maximum atomic E-state index is 14.7. The van der Waals surface area contributed by atoms with Gasteiger partial charge in [-0.1, -0.05) is 0 Å². The predicted molar refractivity (Wildman–Crippen MR) is 75.2 cm³/mol. The van der Waals surface area contributed by atoms with Crippen molar-refractivity contribution in [2.75, 3.05) is 0 Å². The summed E-state index contributed by atoms with van der Waals surface area (Å²) in [7, 11) is 0. The molecule has 3 rings (SSSR count). The van der Waals surface area contributed by atoms with Gasteiger partial charge in [0.2, 0.25) is 0 Å². The van der Waals surface area contributed by atoms with E-state index in [4.69, 9.17) is 5.26 Å². The molecule has 0 bridgehead atoms. The van der Waals surface area contributed by atoms with Crippen LogP contribution in [0.1, 0.15) is 17.0 Å². The molecule has 1 atom stereocenters. The molecule has 2 nitrogen and oxygen atoms in total. The van der Waals surface area contributed by atoms with E-state index in [-0.39, 0.29) is 0 Å². The SMILES string of the molecule is N#CC(c1c(F)c(F)nc(F)c1F)c1c(F)c(F)c2c(F)c(F)c(F)c(F)c2c1F. The molecule has 2 aromatic carbocycles. The second-order valence-electron chi connectivity index (χ2n) is 5.66. The first kappa shape index (κ1) is 21.3. The fourth-order valence-corrected chi connectivity index (χ4v) is 2.79. The van der Waals surface area contributed by atoms with E-state index in [9.17, 15) is 48.3 Å². The monoisotopic (exact) mass is 442 g/mol. The fraction of sp³-hybridized carbons (Fsp3) is 0.0588. The van der Waals surface area contributed by atoms with Crippen LogP contribution in [-0.2, 0) is 0 Å². The molecule has 1 unspecified atom stereocenters. The van der Waals surface area contributed by atoms with Crippen LogP contribution in [0.3, 0.4) is 0 Å². The second-order valence-corrected chi connectivity index (χ2v) is 5.66. The summed E-state index contributed by atoms with van der Waals surface area (Å²) in [4.78, 5) is 2.15. The zero-order valence-corrected chi connectivity index (χ0v) is 13.6. The molecule has 0 radical (unpaired) electrons. The molecule has 0 N–H and O–H groups in total. The van der Waals surface area contributed by atoms with Gasteiger partial charge >= 0.3 is 0 Å². The van der Waals surface area contributed by atoms with Gasteiger partial charge in [0.1, 0.15) is 11.7 Å². The second kappa shape index (κ2) is 7.12. The van der Waals surface area contributed by atoms with Gasteiger partial charge in [-0.3, -0.25) is 0 Å². The summed E-state index contributed by atoms with van der Waals surface area (Å²) in [6, 6.07) is 0.833. The molecule has 30 heavy (non-hydrogen) atoms. The molecule has 0 saturated heterocycles. The summed E-state index contributed by atoms with van der Waals surface area (Å²) in [5.74, 6) is -30.5. The molecule has 0 aliphatic carbocycles. The molecular formula is C17HF11N2. The van der Waals surface area contributed by atoms with Crippen molar-refractivity contribution in [1.82, 2.24) is 4.98 Å². The lowest BCUT2D eigenvalue weighted by Crippen LogP contribution is -2.16. The highest BCUT2D eigenvalue weighted by molar-refractivity contribution is 5.86. The van der Waals surface area contributed by atoms with Crippen LogP contribution in [0.4, 0.5) is 48.3 Å². The summed E-state index contributed by atoms with van der Waals surface area (Å²) in [5, 5.41) is 5.00. The number of halogens is 11. The topological polar surface area (TPSA) is 36.7 Å². The van der Waals surface area contributed by atoms with Crippen LogP contribution in [0, 0.1) is 75.6 Å². The van der Waals surface area contributed by atoms with Gasteiger partial charge < -0.3 is 0 Å². The standard InChI is InChI=1S/C17HF11N2/c18-7-3(2(1-29)4-12(23)16(27)30-17(28)13(4)24)8(19)9(20)6-5(7)10(21)14(25)15(26)11(6)22/h2H. The Morgan fingerprint density at radius 1 is 0.500 bits per heavy atom. The van der Waals surface area contributed by atoms with Crippen LogP contribution in [0.2, 0.25) is 0 Å². The van der Waals surface area contributed by atoms with Crippen molar-refractivity contribution in [2.24, 2.45) is 0 Å². The predicted octanol–water partition coefficient (Wildman–Crippen LogP) is 5.42. The van der Waals surface area contributed by atoms with E-state index in [0.717, 1.165) is 6.07 Å². The van der Waals surface area contributed by atoms with E-state index in [1.165, 1.54) is 0 Å². The zero-order valence-electron chi connectivity index (χ0n) is 13.6. The Balaban J connectivity index is 2.53. The lowest BCUT2D eigenvalue weighted by Gasteiger charge is -2.17. The Morgan fingerprint density at radius 2 is 0.867 bits per heavy atom. The van der Waals surface area contributed by atoms with E-state index in [2.05, 4.69) is 4.98 Å². The van der Waals surface area contributed by atoms with Crippen molar-refractivity contribution < 1.29 is 48.3 Å². The van der Waals surface area contributed by atoms with E-state index >= 15 is 0 Å². The number of nitriles is 1. The molecule has 0 saturated carbocycles. The minimum atomic E-state index is -3.02. The highest BCUT2D eigenvalue weighted by atomic mass is 19.2. The maximum Gasteiger partial charge on any atom is 0.252 e. The number of rotatable bonds is 2. The van der Waals surface area contributed by atoms with Gasteiger partial charge in [-0.2, -0.15) is 19.0 Å². The molecule has 1 heterocycles. The van der Waals surface area contributed by atoms with E-state index in [0.29, 0.717) is 0 Å². The van der Waals surface area contributed by atoms with Crippen molar-refractivity contribution in [3.05, 3.63) is 75.4 Å². The number of pyridine rings is 1. The van der Waals surface area contributed by atoms with E-state index < -0.39 is 92.1 Å². The van der Waals surface area contributed by atoms with Crippen LogP contribution in [0.15, 0.2) is 0 Å². The smallest absolute Gasteiger partial charge is 0.206 e. The average molecular weight is 442 g/mol. The van der Waals surface area contributed by atoms with Crippen molar-refractivity contribution in [3.63, 3.8) is 0 Å². The van der Waals surface area contributed by atoms with Gasteiger partial charge in [0.05, 0.1) is 22.4 Å². The van der Waals surface area contributed by atoms with E-state index in [1.807, 2.05) is 0 Å². The number of hydrogen-bond acceptors (Lipinski definition) is 2. The van der Waals surface area contributed by atoms with Gasteiger partial charge in [0.25, 0.3) is 11.9 Å². The third kappa shape index (κ3) is 2.74. The molecule has 0 spiro atoms. The lowest BCUT2D eigenvalue weighted by molar-refractivity contribution is 0.391. The molecule has 1 aromatic heterocycles. The van der Waals surface area contributed by atoms with Crippen molar-refractivity contribution in [2.45, 2.75) is 5.92 Å². The third-order valence-electron chi connectivity index (χ3n) is 4.11. The van der Waals surface area contributed by atoms with Gasteiger partial charge in [0, 0.05) is 5.56 Å². The number of fused-ring (bicyclic) bond motifs is 1. The van der Waals surface area contributed by atoms with Crippen LogP contribution in [-0.4, -0.2) is 4.98 Å². The highest BCUT2D eigenvalue weighted by Gasteiger charge is 2.37. The van der Waals surface area contributed by atoms with Gasteiger partial charge in [-0.15, -0.1) is 0 Å². The number of aromatic nitrogens is 1. The number of hydrogen-bond donors (Lipinski definition) is 0. The summed E-state index contributed by atoms with van der Waals surface area (Å²) in [5.41, 5.74) is -4.03. The highest BCUT2D eigenvalue weighted by Crippen LogP contribution is 2.40. The molecule has 0 fully saturated rings. The van der Waals surface area contributed by atoms with Gasteiger partial charge in [0.15, 0.2) is 46.5 Å². The maximum absolute atomic E-state index is 14.7. The van der Waals surface area contributed by atoms with Crippen molar-refractivity contribution in [3.8, 4) is 6.07 Å². The quantitative estimate of drug-likeness (QED) is 0.230. The Morgan fingerprint density at radius 3 is 1.30 bits per heavy atom. The third-order valence-corrected chi connectivity index (χ3v) is 4.11. The van der Waals surface area contributed by atoms with Crippen molar-refractivity contribution in [1.29, 1.82) is 5.26 Å². The zero-order chi connectivity index (χ0) is 22.7. The number of nitrogens with zero attached hydrogens (tertiary/aromatic N) is 2. The summed E-state index contributed by atoms with van der Waals surface area (Å²) < 4.78 is 152. The molecule has 0 aliphatic heterocycles. The normalized spacial score (nSPS) is 12.3. The molecule has 3 aromatic rings. The Kier molecular flexibility index (Phi) is 5.05. The Bertz CT molecular complexity index is 1250. The van der Waals surface area contributed by atoms with Gasteiger partial charge in [-0.25, -0.2) is 39.5 Å². The van der Waals surface area contributed by atoms with Crippen LogP contribution in [0.25, 0.3) is 10.8 Å². The largest absolute Gasteiger partial charge is 0.252 e. The molecule has 13 heteroatoms. The fourth-order valence-electron chi connectivity index (χ4n) is 2.79. The Labute approximate surface area is 157 Å². The molecule has 156 valence electrons. The van der Waals surface area contributed by atoms with Crippen molar-refractivity contribution >= 4 is 10.8 Å². The first-order valence-electron chi connectivity index (χ1n) is 7.37. The molecule has 0 aliphatic rings. The van der Waals surface area contributed by atoms with Crippen LogP contribution < -0.4 is 0 Å². The number of benzene rings is 2. The van der Waals surface area contributed by atoms with Crippen LogP contribution >= 0.6 is 0 Å². The summed E-state index contributed by atoms with van der Waals surface area (Å²) >= 11 is 0. The van der Waals surface area contributed by atoms with E-state index in [1.54, 1.807) is 0 Å². The van der Waals surface area contributed by atoms with Gasteiger partial charge in [-0.05, 0) is 0 Å². The Hall–Kier alpha value is -3.43. The lowest BCUT2D eigenvalue weighted by atomic mass is 9.89. The minimum Gasteiger partial charge on any atom is -0.206 e. The molecule has 0 amide bonds. The first-order valence-corrected chi connectivity index (χ1v) is 7.37. The molecular weight excluding hydrogens is 441 g/mol.